The summed E-state index contributed by atoms with van der Waals surface area (Å²) in [4.78, 5) is 24.7. The molecule has 1 aromatic carbocycles. The molecular weight excluding hydrogens is 296 g/mol. The number of ether oxygens (including phenoxy) is 2. The highest BCUT2D eigenvalue weighted by Gasteiger charge is 2.25. The Morgan fingerprint density at radius 2 is 1.43 bits per heavy atom. The van der Waals surface area contributed by atoms with Crippen molar-refractivity contribution in [1.82, 2.24) is 10.6 Å². The minimum Gasteiger partial charge on any atom is -0.497 e. The molecule has 2 N–H and O–H groups in total. The van der Waals surface area contributed by atoms with Gasteiger partial charge in [-0.15, -0.1) is 0 Å². The van der Waals surface area contributed by atoms with E-state index in [1.165, 1.54) is 14.2 Å². The molecule has 6 heteroatoms. The molecule has 0 aliphatic heterocycles. The van der Waals surface area contributed by atoms with E-state index in [1.54, 1.807) is 18.2 Å². The van der Waals surface area contributed by atoms with E-state index in [0.717, 1.165) is 0 Å². The Bertz CT molecular complexity index is 533. The van der Waals surface area contributed by atoms with Crippen LogP contribution in [0.1, 0.15) is 38.1 Å². The molecule has 0 heterocycles. The van der Waals surface area contributed by atoms with Crippen molar-refractivity contribution >= 4 is 11.8 Å². The Morgan fingerprint density at radius 1 is 0.913 bits per heavy atom. The summed E-state index contributed by atoms with van der Waals surface area (Å²) in [5.41, 5.74) is 0.379. The first-order chi connectivity index (χ1) is 10.8. The lowest BCUT2D eigenvalue weighted by molar-refractivity contribution is -0.124. The zero-order valence-corrected chi connectivity index (χ0v) is 14.6. The molecule has 0 aromatic heterocycles. The third-order valence-corrected chi connectivity index (χ3v) is 3.28. The summed E-state index contributed by atoms with van der Waals surface area (Å²) in [6.45, 7) is 7.53. The number of nitrogens with one attached hydrogen (secondary N) is 2. The topological polar surface area (TPSA) is 76.7 Å². The minimum atomic E-state index is -0.609. The Kier molecular flexibility index (Phi) is 6.88. The maximum absolute atomic E-state index is 12.5. The number of hydrogen-bond donors (Lipinski definition) is 2. The number of methoxy groups -OCH3 is 2. The summed E-state index contributed by atoms with van der Waals surface area (Å²) in [6, 6.07) is 4.30. The van der Waals surface area contributed by atoms with Crippen molar-refractivity contribution in [2.45, 2.75) is 39.8 Å². The van der Waals surface area contributed by atoms with Crippen LogP contribution in [0.4, 0.5) is 0 Å². The second-order valence-corrected chi connectivity index (χ2v) is 5.96. The van der Waals surface area contributed by atoms with Crippen LogP contribution in [0, 0.1) is 5.92 Å². The quantitative estimate of drug-likeness (QED) is 0.805. The van der Waals surface area contributed by atoms with E-state index >= 15 is 0 Å². The van der Waals surface area contributed by atoms with Gasteiger partial charge in [0.05, 0.1) is 14.2 Å². The lowest BCUT2D eigenvalue weighted by Gasteiger charge is -2.23. The number of amides is 2. The molecule has 0 aliphatic rings. The molecule has 6 nitrogen and oxygen atoms in total. The molecule has 1 aromatic rings. The first kappa shape index (κ1) is 18.8. The molecule has 1 rings (SSSR count). The van der Waals surface area contributed by atoms with Crippen molar-refractivity contribution < 1.29 is 19.1 Å². The summed E-state index contributed by atoms with van der Waals surface area (Å²) < 4.78 is 10.3. The molecule has 0 bridgehead atoms. The highest BCUT2D eigenvalue weighted by atomic mass is 16.5. The predicted octanol–water partition coefficient (Wildman–Crippen LogP) is 1.98. The third-order valence-electron chi connectivity index (χ3n) is 3.28. The monoisotopic (exact) mass is 322 g/mol. The average Bonchev–Trinajstić information content (AvgIpc) is 2.50. The Labute approximate surface area is 137 Å². The van der Waals surface area contributed by atoms with Gasteiger partial charge in [-0.3, -0.25) is 9.59 Å². The molecule has 0 radical (unpaired) electrons. The number of carbonyl (C=O) groups excluding carboxylic acids is 2. The van der Waals surface area contributed by atoms with Gasteiger partial charge in [0.2, 0.25) is 5.91 Å². The number of hydrogen-bond acceptors (Lipinski definition) is 4. The van der Waals surface area contributed by atoms with Gasteiger partial charge in [0, 0.05) is 17.7 Å². The van der Waals surface area contributed by atoms with Crippen molar-refractivity contribution in [1.29, 1.82) is 0 Å². The molecule has 1 unspecified atom stereocenters. The number of rotatable bonds is 7. The fraction of sp³-hybridized carbons (Fsp3) is 0.529. The van der Waals surface area contributed by atoms with Gasteiger partial charge < -0.3 is 20.1 Å². The van der Waals surface area contributed by atoms with Crippen LogP contribution in [-0.4, -0.2) is 38.1 Å². The molecule has 0 fully saturated rings. The molecule has 23 heavy (non-hydrogen) atoms. The van der Waals surface area contributed by atoms with Gasteiger partial charge in [-0.05, 0) is 31.9 Å². The SMILES string of the molecule is COc1cc(OC)cc(C(=O)NC(C(=O)NC(C)C)C(C)C)c1. The Balaban J connectivity index is 2.97. The van der Waals surface area contributed by atoms with Gasteiger partial charge in [0.25, 0.3) is 5.91 Å². The molecule has 0 saturated carbocycles. The Morgan fingerprint density at radius 3 is 1.83 bits per heavy atom. The van der Waals surface area contributed by atoms with Crippen molar-refractivity contribution in [2.75, 3.05) is 14.2 Å². The highest BCUT2D eigenvalue weighted by Crippen LogP contribution is 2.22. The summed E-state index contributed by atoms with van der Waals surface area (Å²) in [5.74, 6) is 0.452. The zero-order chi connectivity index (χ0) is 17.6. The first-order valence-electron chi connectivity index (χ1n) is 7.62. The van der Waals surface area contributed by atoms with E-state index in [2.05, 4.69) is 10.6 Å². The molecule has 0 spiro atoms. The minimum absolute atomic E-state index is 0.0116. The standard InChI is InChI=1S/C17H26N2O4/c1-10(2)15(17(21)18-11(3)4)19-16(20)12-7-13(22-5)9-14(8-12)23-6/h7-11,15H,1-6H3,(H,18,21)(H,19,20). The smallest absolute Gasteiger partial charge is 0.252 e. The molecule has 2 amide bonds. The van der Waals surface area contributed by atoms with E-state index in [1.807, 2.05) is 27.7 Å². The van der Waals surface area contributed by atoms with Gasteiger partial charge in [-0.1, -0.05) is 13.8 Å². The van der Waals surface area contributed by atoms with Crippen LogP contribution in [0.5, 0.6) is 11.5 Å². The maximum atomic E-state index is 12.5. The predicted molar refractivity (Wildman–Crippen MR) is 88.9 cm³/mol. The molecule has 128 valence electrons. The lowest BCUT2D eigenvalue weighted by atomic mass is 10.0. The average molecular weight is 322 g/mol. The Hall–Kier alpha value is -2.24. The summed E-state index contributed by atoms with van der Waals surface area (Å²) >= 11 is 0. The van der Waals surface area contributed by atoms with Crippen LogP contribution in [0.25, 0.3) is 0 Å². The molecule has 0 aliphatic carbocycles. The van der Waals surface area contributed by atoms with E-state index in [0.29, 0.717) is 17.1 Å². The lowest BCUT2D eigenvalue weighted by Crippen LogP contribution is -2.51. The molecule has 0 saturated heterocycles. The number of benzene rings is 1. The maximum Gasteiger partial charge on any atom is 0.252 e. The van der Waals surface area contributed by atoms with Gasteiger partial charge in [-0.25, -0.2) is 0 Å². The van der Waals surface area contributed by atoms with Gasteiger partial charge in [0.15, 0.2) is 0 Å². The van der Waals surface area contributed by atoms with Gasteiger partial charge >= 0.3 is 0 Å². The summed E-state index contributed by atoms with van der Waals surface area (Å²) in [7, 11) is 3.03. The summed E-state index contributed by atoms with van der Waals surface area (Å²) in [5, 5.41) is 5.60. The molecular formula is C17H26N2O4. The number of carbonyl (C=O) groups is 2. The highest BCUT2D eigenvalue weighted by molar-refractivity contribution is 5.98. The van der Waals surface area contributed by atoms with E-state index in [4.69, 9.17) is 9.47 Å². The van der Waals surface area contributed by atoms with E-state index in [-0.39, 0.29) is 23.8 Å². The summed E-state index contributed by atoms with van der Waals surface area (Å²) in [6.07, 6.45) is 0. The van der Waals surface area contributed by atoms with Gasteiger partial charge in [0.1, 0.15) is 17.5 Å². The largest absolute Gasteiger partial charge is 0.497 e. The zero-order valence-electron chi connectivity index (χ0n) is 14.6. The molecule has 1 atom stereocenters. The third kappa shape index (κ3) is 5.47. The van der Waals surface area contributed by atoms with Crippen LogP contribution in [-0.2, 0) is 4.79 Å². The fourth-order valence-electron chi connectivity index (χ4n) is 2.07. The van der Waals surface area contributed by atoms with Crippen LogP contribution in [0.3, 0.4) is 0 Å². The van der Waals surface area contributed by atoms with E-state index < -0.39 is 6.04 Å². The van der Waals surface area contributed by atoms with Crippen LogP contribution < -0.4 is 20.1 Å². The second-order valence-electron chi connectivity index (χ2n) is 5.96. The normalized spacial score (nSPS) is 12.0. The van der Waals surface area contributed by atoms with Gasteiger partial charge in [-0.2, -0.15) is 0 Å². The van der Waals surface area contributed by atoms with Crippen LogP contribution in [0.2, 0.25) is 0 Å². The second kappa shape index (κ2) is 8.41. The van der Waals surface area contributed by atoms with Crippen molar-refractivity contribution in [3.05, 3.63) is 23.8 Å². The van der Waals surface area contributed by atoms with E-state index in [9.17, 15) is 9.59 Å². The van der Waals surface area contributed by atoms with Crippen molar-refractivity contribution in [2.24, 2.45) is 5.92 Å². The van der Waals surface area contributed by atoms with Crippen LogP contribution >= 0.6 is 0 Å². The first-order valence-corrected chi connectivity index (χ1v) is 7.62. The van der Waals surface area contributed by atoms with Crippen LogP contribution in [0.15, 0.2) is 18.2 Å². The fourth-order valence-corrected chi connectivity index (χ4v) is 2.07. The van der Waals surface area contributed by atoms with Crippen molar-refractivity contribution in [3.63, 3.8) is 0 Å². The van der Waals surface area contributed by atoms with Crippen molar-refractivity contribution in [3.8, 4) is 11.5 Å².